The largest absolute Gasteiger partial charge is 0.481 e. The lowest BCUT2D eigenvalue weighted by molar-refractivity contribution is 0.102. The highest BCUT2D eigenvalue weighted by atomic mass is 32.1. The number of methoxy groups -OCH3 is 2. The minimum atomic E-state index is -0.318. The van der Waals surface area contributed by atoms with Crippen LogP contribution in [0.15, 0.2) is 17.5 Å². The lowest BCUT2D eigenvalue weighted by Crippen LogP contribution is -2.14. The SMILES string of the molecule is COc1ccc(C(=O)Nc2nc(C)cs2)c(OC)n1. The summed E-state index contributed by atoms with van der Waals surface area (Å²) in [7, 11) is 2.95. The molecule has 0 bridgehead atoms. The normalized spacial score (nSPS) is 10.1. The smallest absolute Gasteiger partial charge is 0.262 e. The molecule has 1 N–H and O–H groups in total. The Morgan fingerprint density at radius 3 is 2.63 bits per heavy atom. The van der Waals surface area contributed by atoms with E-state index in [1.54, 1.807) is 12.1 Å². The van der Waals surface area contributed by atoms with Crippen molar-refractivity contribution in [3.63, 3.8) is 0 Å². The number of aromatic nitrogens is 2. The molecule has 7 heteroatoms. The predicted molar refractivity (Wildman–Crippen MR) is 72.1 cm³/mol. The summed E-state index contributed by atoms with van der Waals surface area (Å²) in [6.45, 7) is 1.86. The summed E-state index contributed by atoms with van der Waals surface area (Å²) < 4.78 is 10.1. The summed E-state index contributed by atoms with van der Waals surface area (Å²) in [5.74, 6) is 0.282. The van der Waals surface area contributed by atoms with Gasteiger partial charge in [0.2, 0.25) is 11.8 Å². The minimum absolute atomic E-state index is 0.213. The first-order valence-electron chi connectivity index (χ1n) is 5.46. The van der Waals surface area contributed by atoms with Gasteiger partial charge in [-0.2, -0.15) is 4.98 Å². The second-order valence-electron chi connectivity index (χ2n) is 3.66. The fourth-order valence-corrected chi connectivity index (χ4v) is 2.12. The molecule has 0 aliphatic carbocycles. The van der Waals surface area contributed by atoms with Gasteiger partial charge in [0.05, 0.1) is 19.9 Å². The average molecular weight is 279 g/mol. The van der Waals surface area contributed by atoms with Gasteiger partial charge in [-0.3, -0.25) is 10.1 Å². The van der Waals surface area contributed by atoms with Crippen molar-refractivity contribution in [2.45, 2.75) is 6.92 Å². The van der Waals surface area contributed by atoms with Crippen molar-refractivity contribution in [2.75, 3.05) is 19.5 Å². The molecule has 0 aromatic carbocycles. The molecule has 0 spiro atoms. The molecule has 0 aliphatic heterocycles. The van der Waals surface area contributed by atoms with E-state index in [-0.39, 0.29) is 11.8 Å². The number of carbonyl (C=O) groups excluding carboxylic acids is 1. The van der Waals surface area contributed by atoms with E-state index < -0.39 is 0 Å². The highest BCUT2D eigenvalue weighted by molar-refractivity contribution is 7.13. The molecular formula is C12H13N3O3S. The Balaban J connectivity index is 2.23. The van der Waals surface area contributed by atoms with Gasteiger partial charge in [0.1, 0.15) is 5.56 Å². The molecule has 6 nitrogen and oxygen atoms in total. The van der Waals surface area contributed by atoms with Crippen molar-refractivity contribution in [3.05, 3.63) is 28.8 Å². The van der Waals surface area contributed by atoms with Gasteiger partial charge in [0, 0.05) is 11.4 Å². The third-order valence-electron chi connectivity index (χ3n) is 2.32. The van der Waals surface area contributed by atoms with Gasteiger partial charge in [-0.05, 0) is 13.0 Å². The third kappa shape index (κ3) is 3.00. The zero-order valence-corrected chi connectivity index (χ0v) is 11.6. The van der Waals surface area contributed by atoms with Crippen LogP contribution in [0, 0.1) is 6.92 Å². The number of carbonyl (C=O) groups is 1. The first-order chi connectivity index (χ1) is 9.13. The van der Waals surface area contributed by atoms with Crippen LogP contribution in [0.1, 0.15) is 16.1 Å². The summed E-state index contributed by atoms with van der Waals surface area (Å²) in [6, 6.07) is 3.20. The molecule has 2 aromatic heterocycles. The van der Waals surface area contributed by atoms with Gasteiger partial charge >= 0.3 is 0 Å². The molecule has 2 aromatic rings. The second kappa shape index (κ2) is 5.66. The number of thiazole rings is 1. The second-order valence-corrected chi connectivity index (χ2v) is 4.52. The summed E-state index contributed by atoms with van der Waals surface area (Å²) >= 11 is 1.36. The number of rotatable bonds is 4. The zero-order valence-electron chi connectivity index (χ0n) is 10.8. The number of aryl methyl sites for hydroxylation is 1. The van der Waals surface area contributed by atoms with Crippen LogP contribution in [-0.2, 0) is 0 Å². The number of hydrogen-bond donors (Lipinski definition) is 1. The molecule has 0 saturated heterocycles. The molecule has 0 fully saturated rings. The fraction of sp³-hybridized carbons (Fsp3) is 0.250. The van der Waals surface area contributed by atoms with Crippen LogP contribution in [0.25, 0.3) is 0 Å². The van der Waals surface area contributed by atoms with E-state index in [2.05, 4.69) is 15.3 Å². The Kier molecular flexibility index (Phi) is 3.96. The predicted octanol–water partition coefficient (Wildman–Crippen LogP) is 2.12. The van der Waals surface area contributed by atoms with Crippen molar-refractivity contribution in [3.8, 4) is 11.8 Å². The Morgan fingerprint density at radius 1 is 1.26 bits per heavy atom. The van der Waals surface area contributed by atoms with Crippen LogP contribution in [-0.4, -0.2) is 30.1 Å². The zero-order chi connectivity index (χ0) is 13.8. The summed E-state index contributed by atoms with van der Waals surface area (Å²) in [4.78, 5) is 20.3. The number of amides is 1. The number of hydrogen-bond acceptors (Lipinski definition) is 6. The topological polar surface area (TPSA) is 73.3 Å². The highest BCUT2D eigenvalue weighted by Crippen LogP contribution is 2.22. The first kappa shape index (κ1) is 13.3. The lowest BCUT2D eigenvalue weighted by atomic mass is 10.2. The van der Waals surface area contributed by atoms with Crippen molar-refractivity contribution >= 4 is 22.4 Å². The van der Waals surface area contributed by atoms with E-state index >= 15 is 0 Å². The highest BCUT2D eigenvalue weighted by Gasteiger charge is 2.16. The van der Waals surface area contributed by atoms with Gasteiger partial charge in [-0.1, -0.05) is 0 Å². The van der Waals surface area contributed by atoms with Crippen LogP contribution in [0.5, 0.6) is 11.8 Å². The van der Waals surface area contributed by atoms with E-state index in [1.165, 1.54) is 25.6 Å². The van der Waals surface area contributed by atoms with Gasteiger partial charge in [0.15, 0.2) is 5.13 Å². The number of anilines is 1. The number of ether oxygens (including phenoxy) is 2. The summed E-state index contributed by atoms with van der Waals surface area (Å²) in [5, 5.41) is 5.10. The molecule has 2 rings (SSSR count). The van der Waals surface area contributed by atoms with E-state index in [1.807, 2.05) is 12.3 Å². The van der Waals surface area contributed by atoms with Crippen LogP contribution in [0.3, 0.4) is 0 Å². The molecule has 100 valence electrons. The Morgan fingerprint density at radius 2 is 2.05 bits per heavy atom. The number of nitrogens with zero attached hydrogens (tertiary/aromatic N) is 2. The molecular weight excluding hydrogens is 266 g/mol. The maximum Gasteiger partial charge on any atom is 0.262 e. The van der Waals surface area contributed by atoms with E-state index in [9.17, 15) is 4.79 Å². The fourth-order valence-electron chi connectivity index (χ4n) is 1.44. The molecule has 0 aliphatic rings. The van der Waals surface area contributed by atoms with Crippen LogP contribution in [0.2, 0.25) is 0 Å². The molecule has 0 unspecified atom stereocenters. The monoisotopic (exact) mass is 279 g/mol. The van der Waals surface area contributed by atoms with Crippen LogP contribution >= 0.6 is 11.3 Å². The van der Waals surface area contributed by atoms with E-state index in [4.69, 9.17) is 9.47 Å². The van der Waals surface area contributed by atoms with E-state index in [0.717, 1.165) is 5.69 Å². The summed E-state index contributed by atoms with van der Waals surface area (Å²) in [6.07, 6.45) is 0. The molecule has 19 heavy (non-hydrogen) atoms. The molecule has 0 atom stereocenters. The van der Waals surface area contributed by atoms with Gasteiger partial charge in [-0.15, -0.1) is 11.3 Å². The Labute approximate surface area is 114 Å². The number of nitrogens with one attached hydrogen (secondary N) is 1. The lowest BCUT2D eigenvalue weighted by Gasteiger charge is -2.08. The van der Waals surface area contributed by atoms with Crippen LogP contribution < -0.4 is 14.8 Å². The maximum absolute atomic E-state index is 12.1. The molecule has 0 saturated carbocycles. The maximum atomic E-state index is 12.1. The summed E-state index contributed by atoms with van der Waals surface area (Å²) in [5.41, 5.74) is 1.19. The molecule has 2 heterocycles. The van der Waals surface area contributed by atoms with Crippen molar-refractivity contribution < 1.29 is 14.3 Å². The van der Waals surface area contributed by atoms with Gasteiger partial charge in [0.25, 0.3) is 5.91 Å². The number of pyridine rings is 1. The third-order valence-corrected chi connectivity index (χ3v) is 3.20. The van der Waals surface area contributed by atoms with Crippen molar-refractivity contribution in [1.82, 2.24) is 9.97 Å². The quantitative estimate of drug-likeness (QED) is 0.928. The standard InChI is InChI=1S/C12H13N3O3S/c1-7-6-19-12(13-7)15-10(16)8-4-5-9(17-2)14-11(8)18-3/h4-6H,1-3H3,(H,13,15,16). The average Bonchev–Trinajstić information content (AvgIpc) is 2.83. The first-order valence-corrected chi connectivity index (χ1v) is 6.34. The van der Waals surface area contributed by atoms with Gasteiger partial charge < -0.3 is 9.47 Å². The Hall–Kier alpha value is -2.15. The van der Waals surface area contributed by atoms with Crippen LogP contribution in [0.4, 0.5) is 5.13 Å². The van der Waals surface area contributed by atoms with Crippen molar-refractivity contribution in [1.29, 1.82) is 0 Å². The van der Waals surface area contributed by atoms with E-state index in [0.29, 0.717) is 16.6 Å². The minimum Gasteiger partial charge on any atom is -0.481 e. The van der Waals surface area contributed by atoms with Gasteiger partial charge in [-0.25, -0.2) is 4.98 Å². The van der Waals surface area contributed by atoms with Crippen molar-refractivity contribution in [2.24, 2.45) is 0 Å². The Bertz CT molecular complexity index is 598. The molecule has 1 amide bonds. The molecule has 0 radical (unpaired) electrons.